The summed E-state index contributed by atoms with van der Waals surface area (Å²) in [5, 5.41) is 10.4. The van der Waals surface area contributed by atoms with Gasteiger partial charge in [-0.15, -0.1) is 0 Å². The third-order valence-electron chi connectivity index (χ3n) is 4.04. The van der Waals surface area contributed by atoms with Gasteiger partial charge in [0, 0.05) is 19.0 Å². The summed E-state index contributed by atoms with van der Waals surface area (Å²) in [5.74, 6) is 5.25. The molecule has 1 heterocycles. The number of fused-ring (bicyclic) bond motifs is 1. The Kier molecular flexibility index (Phi) is 3.47. The predicted octanol–water partition coefficient (Wildman–Crippen LogP) is -0.397. The predicted molar refractivity (Wildman–Crippen MR) is 60.3 cm³/mol. The van der Waals surface area contributed by atoms with Crippen molar-refractivity contribution in [3.05, 3.63) is 0 Å². The summed E-state index contributed by atoms with van der Waals surface area (Å²) < 4.78 is 0. The van der Waals surface area contributed by atoms with Gasteiger partial charge in [-0.25, -0.2) is 5.84 Å². The Labute approximate surface area is 96.0 Å². The fraction of sp³-hybridized carbons (Fsp3) is 0.909. The topological polar surface area (TPSA) is 78.6 Å². The Hall–Kier alpha value is -0.650. The van der Waals surface area contributed by atoms with E-state index in [2.05, 4.69) is 10.3 Å². The van der Waals surface area contributed by atoms with Crippen LogP contribution in [0, 0.1) is 5.92 Å². The van der Waals surface area contributed by atoms with Gasteiger partial charge in [0.1, 0.15) is 0 Å². The number of nitrogens with two attached hydrogens (primary N) is 1. The lowest BCUT2D eigenvalue weighted by molar-refractivity contribution is -0.127. The smallest absolute Gasteiger partial charge is 0.248 e. The Morgan fingerprint density at radius 3 is 3.06 bits per heavy atom. The highest BCUT2D eigenvalue weighted by Gasteiger charge is 2.42. The van der Waals surface area contributed by atoms with Gasteiger partial charge in [0.05, 0.1) is 12.1 Å². The van der Waals surface area contributed by atoms with Gasteiger partial charge in [-0.05, 0) is 19.3 Å². The zero-order chi connectivity index (χ0) is 11.6. The third-order valence-corrected chi connectivity index (χ3v) is 4.04. The van der Waals surface area contributed by atoms with Gasteiger partial charge in [-0.2, -0.15) is 0 Å². The van der Waals surface area contributed by atoms with Gasteiger partial charge in [-0.1, -0.05) is 12.8 Å². The summed E-state index contributed by atoms with van der Waals surface area (Å²) >= 11 is 0. The summed E-state index contributed by atoms with van der Waals surface area (Å²) in [6.07, 6.45) is 5.13. The second-order valence-corrected chi connectivity index (χ2v) is 5.10. The molecular weight excluding hydrogens is 206 g/mol. The number of aliphatic hydroxyl groups is 1. The van der Waals surface area contributed by atoms with E-state index in [4.69, 9.17) is 5.84 Å². The van der Waals surface area contributed by atoms with Crippen molar-refractivity contribution >= 4 is 5.91 Å². The van der Waals surface area contributed by atoms with Crippen molar-refractivity contribution in [1.29, 1.82) is 0 Å². The number of hydrazine groups is 1. The molecule has 2 fully saturated rings. The molecule has 92 valence electrons. The Bertz CT molecular complexity index is 272. The standard InChI is InChI=1S/C11H21N3O2/c12-13-10(15)8-14-6-5-11(16)4-2-1-3-9(11)7-14/h9,16H,1-8,12H2,(H,13,15). The molecule has 2 rings (SSSR count). The summed E-state index contributed by atoms with van der Waals surface area (Å²) in [5.41, 5.74) is 1.69. The summed E-state index contributed by atoms with van der Waals surface area (Å²) in [6, 6.07) is 0. The summed E-state index contributed by atoms with van der Waals surface area (Å²) in [7, 11) is 0. The highest BCUT2D eigenvalue weighted by Crippen LogP contribution is 2.39. The Morgan fingerprint density at radius 1 is 1.50 bits per heavy atom. The van der Waals surface area contributed by atoms with Crippen LogP contribution in [0.1, 0.15) is 32.1 Å². The van der Waals surface area contributed by atoms with Crippen LogP contribution in [0.3, 0.4) is 0 Å². The van der Waals surface area contributed by atoms with Gasteiger partial charge in [-0.3, -0.25) is 15.1 Å². The second-order valence-electron chi connectivity index (χ2n) is 5.10. The average molecular weight is 227 g/mol. The molecule has 0 aromatic heterocycles. The van der Waals surface area contributed by atoms with Crippen LogP contribution in [0.15, 0.2) is 0 Å². The molecule has 0 aromatic carbocycles. The number of carbonyl (C=O) groups is 1. The fourth-order valence-electron chi connectivity index (χ4n) is 3.03. The van der Waals surface area contributed by atoms with Crippen LogP contribution >= 0.6 is 0 Å². The number of hydrogen-bond donors (Lipinski definition) is 3. The van der Waals surface area contributed by atoms with E-state index in [-0.39, 0.29) is 5.91 Å². The van der Waals surface area contributed by atoms with Crippen molar-refractivity contribution < 1.29 is 9.90 Å². The molecule has 0 radical (unpaired) electrons. The monoisotopic (exact) mass is 227 g/mol. The fourth-order valence-corrected chi connectivity index (χ4v) is 3.03. The van der Waals surface area contributed by atoms with E-state index in [1.165, 1.54) is 6.42 Å². The number of piperidine rings is 1. The minimum atomic E-state index is -0.464. The van der Waals surface area contributed by atoms with Crippen LogP contribution < -0.4 is 11.3 Å². The highest BCUT2D eigenvalue weighted by molar-refractivity contribution is 5.77. The van der Waals surface area contributed by atoms with E-state index in [0.29, 0.717) is 12.5 Å². The number of nitrogens with zero attached hydrogens (tertiary/aromatic N) is 1. The first-order valence-electron chi connectivity index (χ1n) is 6.08. The van der Waals surface area contributed by atoms with Crippen LogP contribution in [0.5, 0.6) is 0 Å². The number of rotatable bonds is 2. The average Bonchev–Trinajstić information content (AvgIpc) is 2.29. The number of hydrogen-bond acceptors (Lipinski definition) is 4. The van der Waals surface area contributed by atoms with Crippen molar-refractivity contribution in [2.75, 3.05) is 19.6 Å². The van der Waals surface area contributed by atoms with Crippen LogP contribution in [0.25, 0.3) is 0 Å². The molecule has 16 heavy (non-hydrogen) atoms. The van der Waals surface area contributed by atoms with Crippen molar-refractivity contribution in [1.82, 2.24) is 10.3 Å². The van der Waals surface area contributed by atoms with Gasteiger partial charge < -0.3 is 5.11 Å². The number of carbonyl (C=O) groups excluding carboxylic acids is 1. The minimum absolute atomic E-state index is 0.152. The van der Waals surface area contributed by atoms with Gasteiger partial charge in [0.25, 0.3) is 0 Å². The molecule has 1 saturated heterocycles. The van der Waals surface area contributed by atoms with Crippen LogP contribution in [-0.4, -0.2) is 41.1 Å². The zero-order valence-corrected chi connectivity index (χ0v) is 9.61. The molecule has 1 aliphatic carbocycles. The van der Waals surface area contributed by atoms with E-state index in [9.17, 15) is 9.90 Å². The first-order valence-corrected chi connectivity index (χ1v) is 6.08. The van der Waals surface area contributed by atoms with E-state index in [1.54, 1.807) is 0 Å². The van der Waals surface area contributed by atoms with Crippen LogP contribution in [-0.2, 0) is 4.79 Å². The molecule has 2 aliphatic rings. The molecule has 0 spiro atoms. The number of likely N-dealkylation sites (tertiary alicyclic amines) is 1. The maximum atomic E-state index is 11.2. The summed E-state index contributed by atoms with van der Waals surface area (Å²) in [6.45, 7) is 1.97. The molecular formula is C11H21N3O2. The van der Waals surface area contributed by atoms with E-state index in [1.807, 2.05) is 0 Å². The number of nitrogens with one attached hydrogen (secondary N) is 1. The lowest BCUT2D eigenvalue weighted by atomic mass is 9.71. The molecule has 0 aromatic rings. The highest BCUT2D eigenvalue weighted by atomic mass is 16.3. The maximum Gasteiger partial charge on any atom is 0.248 e. The quantitative estimate of drug-likeness (QED) is 0.341. The molecule has 1 saturated carbocycles. The lowest BCUT2D eigenvalue weighted by Crippen LogP contribution is -2.55. The van der Waals surface area contributed by atoms with E-state index in [0.717, 1.165) is 38.8 Å². The van der Waals surface area contributed by atoms with Crippen molar-refractivity contribution in [2.24, 2.45) is 11.8 Å². The molecule has 2 atom stereocenters. The lowest BCUT2D eigenvalue weighted by Gasteiger charge is -2.47. The van der Waals surface area contributed by atoms with E-state index < -0.39 is 5.60 Å². The first kappa shape index (κ1) is 11.8. The van der Waals surface area contributed by atoms with Gasteiger partial charge >= 0.3 is 0 Å². The van der Waals surface area contributed by atoms with Crippen LogP contribution in [0.2, 0.25) is 0 Å². The SMILES string of the molecule is NNC(=O)CN1CCC2(O)CCCCC2C1. The van der Waals surface area contributed by atoms with Crippen molar-refractivity contribution in [3.63, 3.8) is 0 Å². The third kappa shape index (κ3) is 2.36. The van der Waals surface area contributed by atoms with Gasteiger partial charge in [0.2, 0.25) is 5.91 Å². The molecule has 5 nitrogen and oxygen atoms in total. The Balaban J connectivity index is 1.91. The molecule has 1 aliphatic heterocycles. The molecule has 1 amide bonds. The normalized spacial score (nSPS) is 35.5. The largest absolute Gasteiger partial charge is 0.390 e. The van der Waals surface area contributed by atoms with Crippen LogP contribution in [0.4, 0.5) is 0 Å². The van der Waals surface area contributed by atoms with E-state index >= 15 is 0 Å². The van der Waals surface area contributed by atoms with Crippen molar-refractivity contribution in [3.8, 4) is 0 Å². The molecule has 0 bridgehead atoms. The molecule has 4 N–H and O–H groups in total. The zero-order valence-electron chi connectivity index (χ0n) is 9.61. The number of amides is 1. The second kappa shape index (κ2) is 4.69. The molecule has 2 unspecified atom stereocenters. The summed E-state index contributed by atoms with van der Waals surface area (Å²) in [4.78, 5) is 13.3. The van der Waals surface area contributed by atoms with Crippen molar-refractivity contribution in [2.45, 2.75) is 37.7 Å². The molecule has 5 heteroatoms. The maximum absolute atomic E-state index is 11.2. The Morgan fingerprint density at radius 2 is 2.31 bits per heavy atom. The van der Waals surface area contributed by atoms with Gasteiger partial charge in [0.15, 0.2) is 0 Å². The first-order chi connectivity index (χ1) is 7.64. The minimum Gasteiger partial charge on any atom is -0.390 e.